The lowest BCUT2D eigenvalue weighted by molar-refractivity contribution is 0.0989. The van der Waals surface area contributed by atoms with Crippen LogP contribution in [-0.2, 0) is 6.42 Å². The lowest BCUT2D eigenvalue weighted by Gasteiger charge is -2.07. The molecule has 0 amide bonds. The molecule has 0 aliphatic rings. The molecule has 2 aromatic carbocycles. The summed E-state index contributed by atoms with van der Waals surface area (Å²) in [5.74, 6) is -0.675. The van der Waals surface area contributed by atoms with Crippen molar-refractivity contribution >= 4 is 21.7 Å². The van der Waals surface area contributed by atoms with E-state index in [-0.39, 0.29) is 17.8 Å². The Morgan fingerprint density at radius 2 is 1.89 bits per heavy atom. The van der Waals surface area contributed by atoms with Crippen LogP contribution in [0.5, 0.6) is 0 Å². The fourth-order valence-corrected chi connectivity index (χ4v) is 2.33. The van der Waals surface area contributed by atoms with Gasteiger partial charge in [0.2, 0.25) is 0 Å². The second kappa shape index (κ2) is 5.66. The maximum Gasteiger partial charge on any atom is 0.170 e. The molecule has 0 aromatic heterocycles. The average Bonchev–Trinajstić information content (AvgIpc) is 2.36. The van der Waals surface area contributed by atoms with Gasteiger partial charge in [-0.05, 0) is 43.2 Å². The summed E-state index contributed by atoms with van der Waals surface area (Å²) in [5.41, 5.74) is 3.23. The second-order valence-electron chi connectivity index (χ2n) is 4.65. The van der Waals surface area contributed by atoms with Crippen molar-refractivity contribution in [3.63, 3.8) is 0 Å². The molecule has 0 heterocycles. The van der Waals surface area contributed by atoms with Gasteiger partial charge in [-0.1, -0.05) is 39.7 Å². The molecule has 19 heavy (non-hydrogen) atoms. The fraction of sp³-hybridized carbons (Fsp3) is 0.188. The first-order chi connectivity index (χ1) is 8.97. The van der Waals surface area contributed by atoms with Gasteiger partial charge in [0.15, 0.2) is 5.78 Å². The number of ketones is 1. The minimum absolute atomic E-state index is 0.135. The van der Waals surface area contributed by atoms with Gasteiger partial charge >= 0.3 is 0 Å². The minimum Gasteiger partial charge on any atom is -0.294 e. The topological polar surface area (TPSA) is 17.1 Å². The summed E-state index contributed by atoms with van der Waals surface area (Å²) in [4.78, 5) is 12.2. The smallest absolute Gasteiger partial charge is 0.170 e. The van der Waals surface area contributed by atoms with E-state index in [9.17, 15) is 9.18 Å². The van der Waals surface area contributed by atoms with E-state index in [2.05, 4.69) is 15.9 Å². The lowest BCUT2D eigenvalue weighted by Crippen LogP contribution is -2.07. The molecular formula is C16H14BrFO. The zero-order chi connectivity index (χ0) is 14.0. The van der Waals surface area contributed by atoms with Gasteiger partial charge in [-0.2, -0.15) is 0 Å². The summed E-state index contributed by atoms with van der Waals surface area (Å²) in [6.07, 6.45) is 0.223. The number of carbonyl (C=O) groups excluding carboxylic acids is 1. The molecule has 0 bridgehead atoms. The van der Waals surface area contributed by atoms with Crippen molar-refractivity contribution in [3.05, 3.63) is 68.9 Å². The summed E-state index contributed by atoms with van der Waals surface area (Å²) in [6.45, 7) is 3.94. The molecule has 3 heteroatoms. The van der Waals surface area contributed by atoms with Crippen LogP contribution in [0.3, 0.4) is 0 Å². The normalized spacial score (nSPS) is 10.5. The van der Waals surface area contributed by atoms with Crippen molar-refractivity contribution in [2.45, 2.75) is 20.3 Å². The minimum atomic E-state index is -0.474. The van der Waals surface area contributed by atoms with E-state index in [4.69, 9.17) is 0 Å². The number of carbonyl (C=O) groups is 1. The molecule has 0 N–H and O–H groups in total. The molecule has 0 unspecified atom stereocenters. The van der Waals surface area contributed by atoms with E-state index < -0.39 is 5.82 Å². The molecule has 0 saturated carbocycles. The first-order valence-corrected chi connectivity index (χ1v) is 6.81. The molecule has 1 nitrogen and oxygen atoms in total. The lowest BCUT2D eigenvalue weighted by atomic mass is 9.97. The largest absolute Gasteiger partial charge is 0.294 e. The van der Waals surface area contributed by atoms with Crippen molar-refractivity contribution in [3.8, 4) is 0 Å². The predicted octanol–water partition coefficient (Wildman–Crippen LogP) is 4.63. The van der Waals surface area contributed by atoms with Gasteiger partial charge in [-0.3, -0.25) is 4.79 Å². The monoisotopic (exact) mass is 320 g/mol. The summed E-state index contributed by atoms with van der Waals surface area (Å²) in [7, 11) is 0. The van der Waals surface area contributed by atoms with Crippen molar-refractivity contribution in [2.75, 3.05) is 0 Å². The highest BCUT2D eigenvalue weighted by molar-refractivity contribution is 9.10. The first-order valence-electron chi connectivity index (χ1n) is 6.02. The number of halogens is 2. The summed E-state index contributed by atoms with van der Waals surface area (Å²) >= 11 is 3.26. The van der Waals surface area contributed by atoms with Gasteiger partial charge in [0.25, 0.3) is 0 Å². The predicted molar refractivity (Wildman–Crippen MR) is 78.1 cm³/mol. The number of aryl methyl sites for hydroxylation is 2. The van der Waals surface area contributed by atoms with Crippen molar-refractivity contribution in [1.82, 2.24) is 0 Å². The molecule has 2 rings (SSSR count). The van der Waals surface area contributed by atoms with Gasteiger partial charge < -0.3 is 0 Å². The Bertz CT molecular complexity index is 635. The summed E-state index contributed by atoms with van der Waals surface area (Å²) in [5, 5.41) is 0. The third-order valence-corrected chi connectivity index (χ3v) is 3.58. The molecule has 0 fully saturated rings. The van der Waals surface area contributed by atoms with Crippen LogP contribution in [0.15, 0.2) is 40.9 Å². The number of hydrogen-bond acceptors (Lipinski definition) is 1. The van der Waals surface area contributed by atoms with Crippen LogP contribution in [0.25, 0.3) is 0 Å². The van der Waals surface area contributed by atoms with Crippen LogP contribution in [0.1, 0.15) is 27.0 Å². The Morgan fingerprint density at radius 1 is 1.16 bits per heavy atom. The van der Waals surface area contributed by atoms with Crippen LogP contribution in [0.4, 0.5) is 4.39 Å². The standard InChI is InChI=1S/C16H14BrFO/c1-10-3-4-11(2)12(7-10)8-16(19)14-9-13(17)5-6-15(14)18/h3-7,9H,8H2,1-2H3. The highest BCUT2D eigenvalue weighted by Crippen LogP contribution is 2.19. The molecule has 0 radical (unpaired) electrons. The Balaban J connectivity index is 2.30. The first kappa shape index (κ1) is 13.9. The van der Waals surface area contributed by atoms with Gasteiger partial charge in [0.05, 0.1) is 5.56 Å². The van der Waals surface area contributed by atoms with Crippen LogP contribution in [0, 0.1) is 19.7 Å². The Morgan fingerprint density at radius 3 is 2.63 bits per heavy atom. The molecule has 98 valence electrons. The van der Waals surface area contributed by atoms with Gasteiger partial charge in [0.1, 0.15) is 5.82 Å². The number of benzene rings is 2. The van der Waals surface area contributed by atoms with E-state index in [1.165, 1.54) is 12.1 Å². The summed E-state index contributed by atoms with van der Waals surface area (Å²) in [6, 6.07) is 10.4. The van der Waals surface area contributed by atoms with Gasteiger partial charge in [-0.25, -0.2) is 4.39 Å². The molecule has 0 aliphatic heterocycles. The Labute approximate surface area is 120 Å². The molecule has 0 aliphatic carbocycles. The van der Waals surface area contributed by atoms with Gasteiger partial charge in [-0.15, -0.1) is 0 Å². The molecular weight excluding hydrogens is 307 g/mol. The average molecular weight is 321 g/mol. The third kappa shape index (κ3) is 3.29. The number of hydrogen-bond donors (Lipinski definition) is 0. The van der Waals surface area contributed by atoms with Crippen molar-refractivity contribution < 1.29 is 9.18 Å². The maximum atomic E-state index is 13.7. The van der Waals surface area contributed by atoms with E-state index >= 15 is 0 Å². The highest BCUT2D eigenvalue weighted by Gasteiger charge is 2.14. The Hall–Kier alpha value is -1.48. The third-order valence-electron chi connectivity index (χ3n) is 3.08. The van der Waals surface area contributed by atoms with Crippen LogP contribution in [0.2, 0.25) is 0 Å². The fourth-order valence-electron chi connectivity index (χ4n) is 1.97. The second-order valence-corrected chi connectivity index (χ2v) is 5.57. The molecule has 0 saturated heterocycles. The quantitative estimate of drug-likeness (QED) is 0.753. The van der Waals surface area contributed by atoms with Crippen LogP contribution in [-0.4, -0.2) is 5.78 Å². The van der Waals surface area contributed by atoms with E-state index in [0.717, 1.165) is 16.7 Å². The number of Topliss-reactive ketones (excluding diaryl/α,β-unsaturated/α-hetero) is 1. The number of rotatable bonds is 3. The molecule has 0 atom stereocenters. The molecule has 2 aromatic rings. The van der Waals surface area contributed by atoms with Gasteiger partial charge in [0, 0.05) is 10.9 Å². The summed E-state index contributed by atoms with van der Waals surface area (Å²) < 4.78 is 14.4. The zero-order valence-electron chi connectivity index (χ0n) is 10.8. The van der Waals surface area contributed by atoms with E-state index in [1.54, 1.807) is 6.07 Å². The van der Waals surface area contributed by atoms with Crippen molar-refractivity contribution in [1.29, 1.82) is 0 Å². The van der Waals surface area contributed by atoms with Crippen LogP contribution >= 0.6 is 15.9 Å². The van der Waals surface area contributed by atoms with Crippen molar-refractivity contribution in [2.24, 2.45) is 0 Å². The van der Waals surface area contributed by atoms with E-state index in [0.29, 0.717) is 4.47 Å². The molecule has 0 spiro atoms. The van der Waals surface area contributed by atoms with Crippen LogP contribution < -0.4 is 0 Å². The maximum absolute atomic E-state index is 13.7. The zero-order valence-corrected chi connectivity index (χ0v) is 12.4. The SMILES string of the molecule is Cc1ccc(C)c(CC(=O)c2cc(Br)ccc2F)c1. The Kier molecular flexibility index (Phi) is 4.15. The highest BCUT2D eigenvalue weighted by atomic mass is 79.9. The van der Waals surface area contributed by atoms with E-state index in [1.807, 2.05) is 32.0 Å².